The summed E-state index contributed by atoms with van der Waals surface area (Å²) < 4.78 is 16.4. The minimum absolute atomic E-state index is 0.0435. The van der Waals surface area contributed by atoms with Crippen LogP contribution in [-0.4, -0.2) is 31.4 Å². The van der Waals surface area contributed by atoms with E-state index in [0.29, 0.717) is 6.61 Å². The number of ether oxygens (including phenoxy) is 3. The van der Waals surface area contributed by atoms with Crippen molar-refractivity contribution in [3.8, 4) is 0 Å². The zero-order valence-corrected chi connectivity index (χ0v) is 15.9. The average Bonchev–Trinajstić information content (AvgIpc) is 3.27. The van der Waals surface area contributed by atoms with Gasteiger partial charge in [-0.05, 0) is 69.1 Å². The highest BCUT2D eigenvalue weighted by Crippen LogP contribution is 2.65. The van der Waals surface area contributed by atoms with Crippen molar-refractivity contribution in [2.75, 3.05) is 13.2 Å². The van der Waals surface area contributed by atoms with Crippen molar-refractivity contribution < 1.29 is 23.8 Å². The summed E-state index contributed by atoms with van der Waals surface area (Å²) in [5.41, 5.74) is 0.777. The van der Waals surface area contributed by atoms with Crippen LogP contribution < -0.4 is 0 Å². The molecule has 0 radical (unpaired) electrons. The molecule has 0 heterocycles. The van der Waals surface area contributed by atoms with E-state index in [0.717, 1.165) is 17.8 Å². The third-order valence-corrected chi connectivity index (χ3v) is 6.46. The molecule has 0 spiro atoms. The Bertz CT molecular complexity index is 582. The fraction of sp³-hybridized carbons (Fsp3) is 0.714. The lowest BCUT2D eigenvalue weighted by Crippen LogP contribution is -2.35. The second kappa shape index (κ2) is 7.55. The van der Waals surface area contributed by atoms with E-state index in [1.54, 1.807) is 13.8 Å². The summed E-state index contributed by atoms with van der Waals surface area (Å²) in [7, 11) is 0. The molecule has 3 aliphatic carbocycles. The Hall–Kier alpha value is -1.62. The first-order valence-electron chi connectivity index (χ1n) is 9.63. The van der Waals surface area contributed by atoms with Gasteiger partial charge in [-0.15, -0.1) is 0 Å². The number of carbonyl (C=O) groups excluding carboxylic acids is 2. The highest BCUT2D eigenvalue weighted by atomic mass is 16.7. The summed E-state index contributed by atoms with van der Waals surface area (Å²) in [5, 5.41) is 0. The molecule has 144 valence electrons. The first-order chi connectivity index (χ1) is 12.3. The van der Waals surface area contributed by atoms with E-state index < -0.39 is 18.2 Å². The lowest BCUT2D eigenvalue weighted by Gasteiger charge is -2.36. The Labute approximate surface area is 155 Å². The number of rotatable bonds is 8. The number of esters is 2. The summed E-state index contributed by atoms with van der Waals surface area (Å²) in [6, 6.07) is 0. The molecule has 0 aromatic rings. The van der Waals surface area contributed by atoms with Gasteiger partial charge in [0.2, 0.25) is 0 Å². The monoisotopic (exact) mass is 362 g/mol. The van der Waals surface area contributed by atoms with Crippen molar-refractivity contribution >= 4 is 11.9 Å². The minimum Gasteiger partial charge on any atom is -0.419 e. The number of hydrogen-bond acceptors (Lipinski definition) is 5. The molecule has 0 amide bonds. The predicted molar refractivity (Wildman–Crippen MR) is 97.0 cm³/mol. The zero-order chi connectivity index (χ0) is 18.9. The quantitative estimate of drug-likeness (QED) is 0.373. The van der Waals surface area contributed by atoms with Gasteiger partial charge in [0.05, 0.1) is 6.61 Å². The maximum atomic E-state index is 11.8. The Kier molecular flexibility index (Phi) is 5.56. The average molecular weight is 362 g/mol. The van der Waals surface area contributed by atoms with Crippen LogP contribution in [0.2, 0.25) is 0 Å². The van der Waals surface area contributed by atoms with Gasteiger partial charge in [0.25, 0.3) is 6.29 Å². The van der Waals surface area contributed by atoms with Crippen molar-refractivity contribution in [1.82, 2.24) is 0 Å². The molecule has 2 bridgehead atoms. The van der Waals surface area contributed by atoms with Crippen LogP contribution in [0.15, 0.2) is 24.3 Å². The molecule has 4 atom stereocenters. The highest BCUT2D eigenvalue weighted by molar-refractivity contribution is 5.88. The highest BCUT2D eigenvalue weighted by Gasteiger charge is 2.58. The van der Waals surface area contributed by atoms with E-state index in [1.807, 2.05) is 0 Å². The Morgan fingerprint density at radius 3 is 2.35 bits per heavy atom. The fourth-order valence-electron chi connectivity index (χ4n) is 5.34. The summed E-state index contributed by atoms with van der Waals surface area (Å²) >= 11 is 0. The molecule has 5 heteroatoms. The molecule has 0 aromatic carbocycles. The van der Waals surface area contributed by atoms with Crippen molar-refractivity contribution in [3.63, 3.8) is 0 Å². The summed E-state index contributed by atoms with van der Waals surface area (Å²) in [6.07, 6.45) is 6.73. The number of fused-ring (bicyclic) bond motifs is 5. The molecule has 3 aliphatic rings. The maximum absolute atomic E-state index is 11.8. The molecule has 0 aliphatic heterocycles. The van der Waals surface area contributed by atoms with E-state index in [-0.39, 0.29) is 23.2 Å². The molecular weight excluding hydrogens is 332 g/mol. The van der Waals surface area contributed by atoms with E-state index in [9.17, 15) is 9.59 Å². The topological polar surface area (TPSA) is 61.8 Å². The van der Waals surface area contributed by atoms with E-state index in [2.05, 4.69) is 13.2 Å². The first kappa shape index (κ1) is 19.2. The Balaban J connectivity index is 1.57. The fourth-order valence-corrected chi connectivity index (χ4v) is 5.34. The second-order valence-corrected chi connectivity index (χ2v) is 8.38. The smallest absolute Gasteiger partial charge is 0.336 e. The number of hydrogen-bond donors (Lipinski definition) is 0. The number of carbonyl (C=O) groups is 2. The SMILES string of the molecule is C=C(C)C(=O)OC(COCC12CCC(C1)C1CCCC12)OC(=O)C(=C)C. The van der Waals surface area contributed by atoms with Gasteiger partial charge < -0.3 is 14.2 Å². The lowest BCUT2D eigenvalue weighted by molar-refractivity contribution is -0.194. The summed E-state index contributed by atoms with van der Waals surface area (Å²) in [6.45, 7) is 10.9. The van der Waals surface area contributed by atoms with E-state index >= 15 is 0 Å². The van der Waals surface area contributed by atoms with Gasteiger partial charge >= 0.3 is 11.9 Å². The van der Waals surface area contributed by atoms with Crippen LogP contribution >= 0.6 is 0 Å². The van der Waals surface area contributed by atoms with Gasteiger partial charge in [-0.2, -0.15) is 0 Å². The van der Waals surface area contributed by atoms with Crippen molar-refractivity contribution in [3.05, 3.63) is 24.3 Å². The molecule has 4 unspecified atom stereocenters. The molecule has 0 N–H and O–H groups in total. The molecular formula is C21H30O5. The third kappa shape index (κ3) is 3.73. The van der Waals surface area contributed by atoms with E-state index in [1.165, 1.54) is 38.5 Å². The van der Waals surface area contributed by atoms with Gasteiger partial charge in [-0.25, -0.2) is 9.59 Å². The van der Waals surface area contributed by atoms with Crippen LogP contribution in [0.4, 0.5) is 0 Å². The molecule has 5 nitrogen and oxygen atoms in total. The maximum Gasteiger partial charge on any atom is 0.336 e. The van der Waals surface area contributed by atoms with Crippen LogP contribution in [0, 0.1) is 23.2 Å². The van der Waals surface area contributed by atoms with Crippen molar-refractivity contribution in [2.24, 2.45) is 23.2 Å². The van der Waals surface area contributed by atoms with Crippen LogP contribution in [0.3, 0.4) is 0 Å². The molecule has 3 rings (SSSR count). The zero-order valence-electron chi connectivity index (χ0n) is 15.9. The van der Waals surface area contributed by atoms with Gasteiger partial charge in [0.1, 0.15) is 6.61 Å². The van der Waals surface area contributed by atoms with E-state index in [4.69, 9.17) is 14.2 Å². The van der Waals surface area contributed by atoms with Crippen LogP contribution in [0.5, 0.6) is 0 Å². The molecule has 3 saturated carbocycles. The van der Waals surface area contributed by atoms with Gasteiger partial charge in [0.15, 0.2) is 0 Å². The molecule has 0 aromatic heterocycles. The normalized spacial score (nSPS) is 31.7. The molecule has 3 fully saturated rings. The van der Waals surface area contributed by atoms with Gasteiger partial charge in [-0.3, -0.25) is 0 Å². The minimum atomic E-state index is -1.07. The molecule has 26 heavy (non-hydrogen) atoms. The van der Waals surface area contributed by atoms with Crippen LogP contribution in [-0.2, 0) is 23.8 Å². The summed E-state index contributed by atoms with van der Waals surface area (Å²) in [5.74, 6) is 1.33. The van der Waals surface area contributed by atoms with Gasteiger partial charge in [-0.1, -0.05) is 19.6 Å². The van der Waals surface area contributed by atoms with Crippen molar-refractivity contribution in [2.45, 2.75) is 58.7 Å². The standard InChI is InChI=1S/C21H30O5/c1-13(2)19(22)25-18(26-20(23)14(3)4)11-24-12-21-9-8-15(10-21)16-6-5-7-17(16)21/h15-18H,1,3,5-12H2,2,4H3. The Morgan fingerprint density at radius 2 is 1.73 bits per heavy atom. The molecule has 0 saturated heterocycles. The second-order valence-electron chi connectivity index (χ2n) is 8.38. The summed E-state index contributed by atoms with van der Waals surface area (Å²) in [4.78, 5) is 23.6. The van der Waals surface area contributed by atoms with Crippen LogP contribution in [0.25, 0.3) is 0 Å². The third-order valence-electron chi connectivity index (χ3n) is 6.46. The van der Waals surface area contributed by atoms with Gasteiger partial charge in [0, 0.05) is 11.1 Å². The van der Waals surface area contributed by atoms with Crippen molar-refractivity contribution in [1.29, 1.82) is 0 Å². The first-order valence-corrected chi connectivity index (χ1v) is 9.63. The predicted octanol–water partition coefficient (Wildman–Crippen LogP) is 3.78. The Morgan fingerprint density at radius 1 is 1.08 bits per heavy atom. The van der Waals surface area contributed by atoms with Crippen LogP contribution in [0.1, 0.15) is 52.4 Å². The largest absolute Gasteiger partial charge is 0.419 e. The lowest BCUT2D eigenvalue weighted by atomic mass is 9.72.